The lowest BCUT2D eigenvalue weighted by molar-refractivity contribution is 0.499. The van der Waals surface area contributed by atoms with E-state index in [2.05, 4.69) is 38.0 Å². The Labute approximate surface area is 90.8 Å². The van der Waals surface area contributed by atoms with E-state index >= 15 is 0 Å². The average Bonchev–Trinajstić information content (AvgIpc) is 2.46. The molecule has 0 bridgehead atoms. The average molecular weight is 212 g/mol. The lowest BCUT2D eigenvalue weighted by atomic mass is 10.1. The van der Waals surface area contributed by atoms with E-state index in [0.717, 1.165) is 19.0 Å². The van der Waals surface area contributed by atoms with Crippen molar-refractivity contribution in [3.05, 3.63) is 15.6 Å². The van der Waals surface area contributed by atoms with Crippen LogP contribution in [0.2, 0.25) is 0 Å². The van der Waals surface area contributed by atoms with Crippen LogP contribution in [0.3, 0.4) is 0 Å². The SMILES string of the molecule is CCC(C)CNCc1nc(C)c(C)s1. The number of nitrogens with zero attached hydrogens (tertiary/aromatic N) is 1. The van der Waals surface area contributed by atoms with Crippen LogP contribution in [0, 0.1) is 19.8 Å². The van der Waals surface area contributed by atoms with Crippen molar-refractivity contribution in [3.8, 4) is 0 Å². The van der Waals surface area contributed by atoms with Crippen molar-refractivity contribution in [1.82, 2.24) is 10.3 Å². The van der Waals surface area contributed by atoms with Gasteiger partial charge < -0.3 is 5.32 Å². The molecule has 1 atom stereocenters. The lowest BCUT2D eigenvalue weighted by Gasteiger charge is -2.08. The Hall–Kier alpha value is -0.410. The van der Waals surface area contributed by atoms with Gasteiger partial charge in [-0.3, -0.25) is 0 Å². The van der Waals surface area contributed by atoms with Crippen LogP contribution < -0.4 is 5.32 Å². The predicted molar refractivity (Wildman–Crippen MR) is 62.7 cm³/mol. The van der Waals surface area contributed by atoms with Crippen molar-refractivity contribution >= 4 is 11.3 Å². The zero-order chi connectivity index (χ0) is 10.6. The molecule has 14 heavy (non-hydrogen) atoms. The molecule has 1 heterocycles. The molecule has 1 aromatic rings. The van der Waals surface area contributed by atoms with E-state index in [0.29, 0.717) is 0 Å². The number of aromatic nitrogens is 1. The molecular formula is C11H20N2S. The number of rotatable bonds is 5. The minimum absolute atomic E-state index is 0.761. The second kappa shape index (κ2) is 5.47. The molecule has 0 aromatic carbocycles. The molecule has 0 radical (unpaired) electrons. The molecule has 1 aromatic heterocycles. The molecule has 3 heteroatoms. The van der Waals surface area contributed by atoms with Gasteiger partial charge in [-0.05, 0) is 26.3 Å². The zero-order valence-corrected chi connectivity index (χ0v) is 10.4. The second-order valence-corrected chi connectivity index (χ2v) is 5.18. The van der Waals surface area contributed by atoms with Crippen LogP contribution >= 0.6 is 11.3 Å². The summed E-state index contributed by atoms with van der Waals surface area (Å²) in [6, 6.07) is 0. The zero-order valence-electron chi connectivity index (χ0n) is 9.55. The van der Waals surface area contributed by atoms with Crippen molar-refractivity contribution in [3.63, 3.8) is 0 Å². The van der Waals surface area contributed by atoms with Crippen molar-refractivity contribution in [2.75, 3.05) is 6.54 Å². The summed E-state index contributed by atoms with van der Waals surface area (Å²) in [6.07, 6.45) is 1.24. The second-order valence-electron chi connectivity index (χ2n) is 3.89. The summed E-state index contributed by atoms with van der Waals surface area (Å²) < 4.78 is 0. The van der Waals surface area contributed by atoms with E-state index in [1.807, 2.05) is 0 Å². The van der Waals surface area contributed by atoms with Crippen molar-refractivity contribution < 1.29 is 0 Å². The van der Waals surface area contributed by atoms with Gasteiger partial charge >= 0.3 is 0 Å². The first-order valence-corrected chi connectivity index (χ1v) is 6.08. The van der Waals surface area contributed by atoms with Crippen LogP contribution in [0.5, 0.6) is 0 Å². The molecule has 0 fully saturated rings. The van der Waals surface area contributed by atoms with E-state index in [-0.39, 0.29) is 0 Å². The summed E-state index contributed by atoms with van der Waals surface area (Å²) in [7, 11) is 0. The molecule has 0 aliphatic carbocycles. The Bertz CT molecular complexity index is 261. The molecule has 1 rings (SSSR count). The predicted octanol–water partition coefficient (Wildman–Crippen LogP) is 2.90. The summed E-state index contributed by atoms with van der Waals surface area (Å²) in [5.74, 6) is 0.761. The largest absolute Gasteiger partial charge is 0.310 e. The number of hydrogen-bond acceptors (Lipinski definition) is 3. The smallest absolute Gasteiger partial charge is 0.107 e. The highest BCUT2D eigenvalue weighted by Gasteiger charge is 2.03. The third-order valence-electron chi connectivity index (χ3n) is 2.54. The quantitative estimate of drug-likeness (QED) is 0.812. The molecule has 0 aliphatic rings. The van der Waals surface area contributed by atoms with Gasteiger partial charge in [0, 0.05) is 11.4 Å². The highest BCUT2D eigenvalue weighted by Crippen LogP contribution is 2.15. The topological polar surface area (TPSA) is 24.9 Å². The number of aryl methyl sites for hydroxylation is 2. The van der Waals surface area contributed by atoms with E-state index in [9.17, 15) is 0 Å². The molecule has 0 aliphatic heterocycles. The van der Waals surface area contributed by atoms with Crippen LogP contribution in [0.15, 0.2) is 0 Å². The summed E-state index contributed by atoms with van der Waals surface area (Å²) in [5, 5.41) is 4.65. The first-order valence-electron chi connectivity index (χ1n) is 5.27. The molecule has 0 saturated heterocycles. The van der Waals surface area contributed by atoms with E-state index in [4.69, 9.17) is 0 Å². The van der Waals surface area contributed by atoms with Gasteiger partial charge in [0.2, 0.25) is 0 Å². The molecule has 2 nitrogen and oxygen atoms in total. The maximum absolute atomic E-state index is 4.49. The molecule has 0 spiro atoms. The summed E-state index contributed by atoms with van der Waals surface area (Å²) in [4.78, 5) is 5.83. The van der Waals surface area contributed by atoms with Crippen molar-refractivity contribution in [2.45, 2.75) is 40.7 Å². The van der Waals surface area contributed by atoms with Gasteiger partial charge in [0.1, 0.15) is 5.01 Å². The Balaban J connectivity index is 2.31. The van der Waals surface area contributed by atoms with Gasteiger partial charge in [0.05, 0.1) is 5.69 Å². The first-order chi connectivity index (χ1) is 6.63. The fraction of sp³-hybridized carbons (Fsp3) is 0.727. The molecule has 0 amide bonds. The fourth-order valence-electron chi connectivity index (χ4n) is 1.18. The van der Waals surface area contributed by atoms with Crippen LogP contribution in [-0.2, 0) is 6.54 Å². The number of thiazole rings is 1. The molecule has 80 valence electrons. The Morgan fingerprint density at radius 1 is 1.43 bits per heavy atom. The third kappa shape index (κ3) is 3.39. The minimum atomic E-state index is 0.761. The normalized spacial score (nSPS) is 13.1. The van der Waals surface area contributed by atoms with Gasteiger partial charge in [-0.2, -0.15) is 0 Å². The van der Waals surface area contributed by atoms with Crippen LogP contribution in [0.1, 0.15) is 35.8 Å². The third-order valence-corrected chi connectivity index (χ3v) is 3.61. The van der Waals surface area contributed by atoms with E-state index in [1.54, 1.807) is 11.3 Å². The lowest BCUT2D eigenvalue weighted by Crippen LogP contribution is -2.20. The summed E-state index contributed by atoms with van der Waals surface area (Å²) in [5.41, 5.74) is 1.18. The highest BCUT2D eigenvalue weighted by molar-refractivity contribution is 7.11. The van der Waals surface area contributed by atoms with Gasteiger partial charge in [-0.25, -0.2) is 4.98 Å². The summed E-state index contributed by atoms with van der Waals surface area (Å²) in [6.45, 7) is 10.7. The van der Waals surface area contributed by atoms with Crippen LogP contribution in [-0.4, -0.2) is 11.5 Å². The Morgan fingerprint density at radius 3 is 2.64 bits per heavy atom. The fourth-order valence-corrected chi connectivity index (χ4v) is 2.09. The Kier molecular flexibility index (Phi) is 4.55. The molecule has 1 N–H and O–H groups in total. The standard InChI is InChI=1S/C11H20N2S/c1-5-8(2)6-12-7-11-13-9(3)10(4)14-11/h8,12H,5-7H2,1-4H3. The van der Waals surface area contributed by atoms with Gasteiger partial charge in [-0.1, -0.05) is 20.3 Å². The maximum atomic E-state index is 4.49. The van der Waals surface area contributed by atoms with Gasteiger partial charge in [0.25, 0.3) is 0 Å². The van der Waals surface area contributed by atoms with E-state index < -0.39 is 0 Å². The summed E-state index contributed by atoms with van der Waals surface area (Å²) >= 11 is 1.80. The monoisotopic (exact) mass is 212 g/mol. The van der Waals surface area contributed by atoms with Crippen LogP contribution in [0.4, 0.5) is 0 Å². The van der Waals surface area contributed by atoms with Gasteiger partial charge in [-0.15, -0.1) is 11.3 Å². The van der Waals surface area contributed by atoms with Crippen molar-refractivity contribution in [1.29, 1.82) is 0 Å². The molecule has 0 saturated carbocycles. The van der Waals surface area contributed by atoms with E-state index in [1.165, 1.54) is 22.0 Å². The van der Waals surface area contributed by atoms with Crippen molar-refractivity contribution in [2.24, 2.45) is 5.92 Å². The number of nitrogens with one attached hydrogen (secondary N) is 1. The molecular weight excluding hydrogens is 192 g/mol. The minimum Gasteiger partial charge on any atom is -0.310 e. The molecule has 1 unspecified atom stereocenters. The highest BCUT2D eigenvalue weighted by atomic mass is 32.1. The number of hydrogen-bond donors (Lipinski definition) is 1. The maximum Gasteiger partial charge on any atom is 0.107 e. The first kappa shape index (κ1) is 11.7. The Morgan fingerprint density at radius 2 is 2.14 bits per heavy atom. The van der Waals surface area contributed by atoms with Gasteiger partial charge in [0.15, 0.2) is 0 Å². The van der Waals surface area contributed by atoms with Crippen LogP contribution in [0.25, 0.3) is 0 Å².